The van der Waals surface area contributed by atoms with Crippen LogP contribution in [0.5, 0.6) is 0 Å². The van der Waals surface area contributed by atoms with Gasteiger partial charge in [-0.1, -0.05) is 31.2 Å². The molecule has 2 aromatic rings. The van der Waals surface area contributed by atoms with Crippen LogP contribution < -0.4 is 5.73 Å². The lowest BCUT2D eigenvalue weighted by molar-refractivity contribution is 0.529. The van der Waals surface area contributed by atoms with E-state index in [1.807, 2.05) is 31.2 Å². The molecule has 0 saturated carbocycles. The van der Waals surface area contributed by atoms with Crippen molar-refractivity contribution in [2.24, 2.45) is 5.73 Å². The Bertz CT molecular complexity index is 525. The average Bonchev–Trinajstić information content (AvgIpc) is 2.41. The number of benzene rings is 1. The highest BCUT2D eigenvalue weighted by Crippen LogP contribution is 2.29. The molecule has 2 N–H and O–H groups in total. The average molecular weight is 244 g/mol. The van der Waals surface area contributed by atoms with Crippen molar-refractivity contribution < 1.29 is 4.39 Å². The van der Waals surface area contributed by atoms with Crippen LogP contribution in [0.3, 0.4) is 0 Å². The van der Waals surface area contributed by atoms with Gasteiger partial charge in [-0.05, 0) is 24.6 Å². The van der Waals surface area contributed by atoms with Crippen LogP contribution in [-0.2, 0) is 0 Å². The summed E-state index contributed by atoms with van der Waals surface area (Å²) in [5.74, 6) is -0.240. The van der Waals surface area contributed by atoms with Gasteiger partial charge in [0.1, 0.15) is 5.82 Å². The molecular weight excluding hydrogens is 227 g/mol. The fourth-order valence-corrected chi connectivity index (χ4v) is 2.03. The van der Waals surface area contributed by atoms with E-state index < -0.39 is 0 Å². The van der Waals surface area contributed by atoms with Crippen molar-refractivity contribution in [2.45, 2.75) is 25.8 Å². The lowest BCUT2D eigenvalue weighted by Gasteiger charge is -2.20. The van der Waals surface area contributed by atoms with E-state index in [1.54, 1.807) is 25.3 Å². The number of halogens is 1. The highest BCUT2D eigenvalue weighted by Gasteiger charge is 2.21. The van der Waals surface area contributed by atoms with Crippen molar-refractivity contribution in [1.82, 2.24) is 4.98 Å². The van der Waals surface area contributed by atoms with Crippen molar-refractivity contribution in [3.8, 4) is 0 Å². The Morgan fingerprint density at radius 3 is 2.61 bits per heavy atom. The van der Waals surface area contributed by atoms with E-state index in [1.165, 1.54) is 0 Å². The molecule has 2 atom stereocenters. The predicted molar refractivity (Wildman–Crippen MR) is 70.7 cm³/mol. The first-order valence-corrected chi connectivity index (χ1v) is 6.02. The second kappa shape index (κ2) is 5.27. The Kier molecular flexibility index (Phi) is 3.72. The fraction of sp³-hybridized carbons (Fsp3) is 0.267. The second-order valence-corrected chi connectivity index (χ2v) is 4.55. The Morgan fingerprint density at radius 1 is 1.17 bits per heavy atom. The van der Waals surface area contributed by atoms with Gasteiger partial charge in [0.25, 0.3) is 0 Å². The van der Waals surface area contributed by atoms with Gasteiger partial charge in [-0.25, -0.2) is 4.39 Å². The van der Waals surface area contributed by atoms with Gasteiger partial charge in [-0.15, -0.1) is 0 Å². The molecule has 3 heteroatoms. The van der Waals surface area contributed by atoms with E-state index in [4.69, 9.17) is 5.73 Å². The van der Waals surface area contributed by atoms with Gasteiger partial charge in [0, 0.05) is 29.4 Å². The van der Waals surface area contributed by atoms with E-state index in [2.05, 4.69) is 4.98 Å². The predicted octanol–water partition coefficient (Wildman–Crippen LogP) is 3.33. The van der Waals surface area contributed by atoms with Crippen LogP contribution in [0.15, 0.2) is 42.6 Å². The number of hydrogen-bond donors (Lipinski definition) is 1. The van der Waals surface area contributed by atoms with Gasteiger partial charge in [0.05, 0.1) is 0 Å². The minimum absolute atomic E-state index is 0.0255. The van der Waals surface area contributed by atoms with Crippen LogP contribution in [0.2, 0.25) is 0 Å². The summed E-state index contributed by atoms with van der Waals surface area (Å²) in [6.07, 6.45) is 1.73. The molecule has 0 aliphatic heterocycles. The molecule has 0 radical (unpaired) electrons. The molecule has 2 nitrogen and oxygen atoms in total. The fourth-order valence-electron chi connectivity index (χ4n) is 2.03. The first kappa shape index (κ1) is 12.7. The zero-order valence-corrected chi connectivity index (χ0v) is 10.6. The smallest absolute Gasteiger partial charge is 0.130 e. The number of nitrogens with two attached hydrogens (primary N) is 1. The minimum Gasteiger partial charge on any atom is -0.323 e. The van der Waals surface area contributed by atoms with Crippen LogP contribution in [0.1, 0.15) is 35.7 Å². The standard InChI is InChI=1S/C15H17FN2/c1-10-6-5-7-12(14(10)16)15(17)11(2)13-8-3-4-9-18-13/h3-9,11,15H,17H2,1-2H3. The number of aromatic nitrogens is 1. The Labute approximate surface area is 107 Å². The molecule has 2 unspecified atom stereocenters. The SMILES string of the molecule is Cc1cccc(C(N)C(C)c2ccccn2)c1F. The maximum atomic E-state index is 14.0. The molecule has 2 rings (SSSR count). The first-order valence-electron chi connectivity index (χ1n) is 6.02. The number of hydrogen-bond acceptors (Lipinski definition) is 2. The molecule has 94 valence electrons. The van der Waals surface area contributed by atoms with E-state index in [9.17, 15) is 4.39 Å². The van der Waals surface area contributed by atoms with Crippen molar-refractivity contribution in [2.75, 3.05) is 0 Å². The van der Waals surface area contributed by atoms with E-state index in [0.717, 1.165) is 5.69 Å². The summed E-state index contributed by atoms with van der Waals surface area (Å²) in [5, 5.41) is 0. The molecular formula is C15H17FN2. The van der Waals surface area contributed by atoms with Crippen molar-refractivity contribution in [3.63, 3.8) is 0 Å². The topological polar surface area (TPSA) is 38.9 Å². The van der Waals surface area contributed by atoms with Crippen LogP contribution in [-0.4, -0.2) is 4.98 Å². The van der Waals surface area contributed by atoms with E-state index in [0.29, 0.717) is 11.1 Å². The third-order valence-corrected chi connectivity index (χ3v) is 3.27. The third-order valence-electron chi connectivity index (χ3n) is 3.27. The Morgan fingerprint density at radius 2 is 1.94 bits per heavy atom. The maximum Gasteiger partial charge on any atom is 0.130 e. The third kappa shape index (κ3) is 2.41. The van der Waals surface area contributed by atoms with Gasteiger partial charge in [0.15, 0.2) is 0 Å². The highest BCUT2D eigenvalue weighted by atomic mass is 19.1. The van der Waals surface area contributed by atoms with Crippen LogP contribution in [0, 0.1) is 12.7 Å². The summed E-state index contributed by atoms with van der Waals surface area (Å²) in [6, 6.07) is 10.6. The number of rotatable bonds is 3. The van der Waals surface area contributed by atoms with E-state index >= 15 is 0 Å². The molecule has 0 bridgehead atoms. The Balaban J connectivity index is 2.31. The quantitative estimate of drug-likeness (QED) is 0.899. The molecule has 0 spiro atoms. The zero-order valence-electron chi connectivity index (χ0n) is 10.6. The summed E-state index contributed by atoms with van der Waals surface area (Å²) in [4.78, 5) is 4.27. The van der Waals surface area contributed by atoms with E-state index in [-0.39, 0.29) is 17.8 Å². The van der Waals surface area contributed by atoms with Crippen LogP contribution >= 0.6 is 0 Å². The van der Waals surface area contributed by atoms with Crippen molar-refractivity contribution in [3.05, 3.63) is 65.2 Å². The summed E-state index contributed by atoms with van der Waals surface area (Å²) in [7, 11) is 0. The molecule has 1 aromatic heterocycles. The van der Waals surface area contributed by atoms with Gasteiger partial charge in [0.2, 0.25) is 0 Å². The monoisotopic (exact) mass is 244 g/mol. The molecule has 0 saturated heterocycles. The van der Waals surface area contributed by atoms with Gasteiger partial charge in [-0.3, -0.25) is 4.98 Å². The largest absolute Gasteiger partial charge is 0.323 e. The summed E-state index contributed by atoms with van der Waals surface area (Å²) < 4.78 is 14.0. The van der Waals surface area contributed by atoms with Crippen molar-refractivity contribution >= 4 is 0 Å². The van der Waals surface area contributed by atoms with Gasteiger partial charge in [-0.2, -0.15) is 0 Å². The van der Waals surface area contributed by atoms with Crippen LogP contribution in [0.4, 0.5) is 4.39 Å². The highest BCUT2D eigenvalue weighted by molar-refractivity contribution is 5.29. The minimum atomic E-state index is -0.389. The molecule has 1 heterocycles. The maximum absolute atomic E-state index is 14.0. The first-order chi connectivity index (χ1) is 8.61. The summed E-state index contributed by atoms with van der Waals surface area (Å²) in [5.41, 5.74) is 8.21. The second-order valence-electron chi connectivity index (χ2n) is 4.55. The van der Waals surface area contributed by atoms with Crippen LogP contribution in [0.25, 0.3) is 0 Å². The lowest BCUT2D eigenvalue weighted by Crippen LogP contribution is -2.20. The molecule has 1 aromatic carbocycles. The molecule has 0 aliphatic carbocycles. The number of pyridine rings is 1. The molecule has 0 amide bonds. The Hall–Kier alpha value is -1.74. The normalized spacial score (nSPS) is 14.2. The lowest BCUT2D eigenvalue weighted by atomic mass is 9.91. The molecule has 0 aliphatic rings. The summed E-state index contributed by atoms with van der Waals surface area (Å²) in [6.45, 7) is 3.71. The molecule has 18 heavy (non-hydrogen) atoms. The number of aryl methyl sites for hydroxylation is 1. The summed E-state index contributed by atoms with van der Waals surface area (Å²) >= 11 is 0. The van der Waals surface area contributed by atoms with Crippen molar-refractivity contribution in [1.29, 1.82) is 0 Å². The zero-order chi connectivity index (χ0) is 13.1. The molecule has 0 fully saturated rings. The van der Waals surface area contributed by atoms with Gasteiger partial charge < -0.3 is 5.73 Å². The number of nitrogens with zero attached hydrogens (tertiary/aromatic N) is 1. The van der Waals surface area contributed by atoms with Gasteiger partial charge >= 0.3 is 0 Å².